The van der Waals surface area contributed by atoms with E-state index in [0.717, 1.165) is 19.2 Å². The topological polar surface area (TPSA) is 80.7 Å². The van der Waals surface area contributed by atoms with Gasteiger partial charge in [0.15, 0.2) is 18.2 Å². The van der Waals surface area contributed by atoms with Crippen molar-refractivity contribution in [3.8, 4) is 5.75 Å². The van der Waals surface area contributed by atoms with E-state index in [1.165, 1.54) is 6.07 Å². The van der Waals surface area contributed by atoms with E-state index in [0.29, 0.717) is 13.1 Å². The van der Waals surface area contributed by atoms with E-state index < -0.39 is 24.1 Å². The summed E-state index contributed by atoms with van der Waals surface area (Å²) in [5.74, 6) is -2.38. The Labute approximate surface area is 151 Å². The summed E-state index contributed by atoms with van der Waals surface area (Å²) in [6.07, 6.45) is 3.25. The molecule has 2 heterocycles. The Bertz CT molecular complexity index is 628. The number of nitrogens with one attached hydrogen (secondary N) is 1. The monoisotopic (exact) mass is 369 g/mol. The molecule has 2 aromatic rings. The molecule has 144 valence electrons. The van der Waals surface area contributed by atoms with Gasteiger partial charge in [-0.2, -0.15) is 0 Å². The van der Waals surface area contributed by atoms with Crippen molar-refractivity contribution in [2.75, 3.05) is 37.7 Å². The van der Waals surface area contributed by atoms with Gasteiger partial charge in [-0.3, -0.25) is 4.79 Å². The molecule has 1 fully saturated rings. The number of piperazine rings is 1. The van der Waals surface area contributed by atoms with Gasteiger partial charge in [-0.25, -0.2) is 8.78 Å². The molecular formula is C18H25F2N3O3. The van der Waals surface area contributed by atoms with Gasteiger partial charge in [0.05, 0.1) is 18.2 Å². The molecule has 0 aliphatic carbocycles. The zero-order valence-electron chi connectivity index (χ0n) is 15.0. The molecule has 3 N–H and O–H groups in total. The lowest BCUT2D eigenvalue weighted by atomic mass is 10.2. The fraction of sp³-hybridized carbons (Fsp3) is 0.389. The Morgan fingerprint density at radius 3 is 2.31 bits per heavy atom. The van der Waals surface area contributed by atoms with Crippen LogP contribution in [0.2, 0.25) is 0 Å². The molecule has 1 aromatic carbocycles. The quantitative estimate of drug-likeness (QED) is 0.866. The fourth-order valence-electron chi connectivity index (χ4n) is 2.15. The summed E-state index contributed by atoms with van der Waals surface area (Å²) in [5, 5.41) is 3.14. The summed E-state index contributed by atoms with van der Waals surface area (Å²) in [6.45, 7) is 6.27. The molecule has 3 rings (SSSR count). The third-order valence-corrected chi connectivity index (χ3v) is 3.25. The van der Waals surface area contributed by atoms with Crippen molar-refractivity contribution < 1.29 is 22.7 Å². The summed E-state index contributed by atoms with van der Waals surface area (Å²) in [4.78, 5) is 12.4. The van der Waals surface area contributed by atoms with Crippen molar-refractivity contribution >= 4 is 11.6 Å². The number of hydrogen-bond acceptors (Lipinski definition) is 5. The van der Waals surface area contributed by atoms with Gasteiger partial charge in [0.25, 0.3) is 5.91 Å². The summed E-state index contributed by atoms with van der Waals surface area (Å²) in [6, 6.07) is 5.69. The van der Waals surface area contributed by atoms with Crippen LogP contribution >= 0.6 is 0 Å². The molecule has 0 bridgehead atoms. The molecule has 0 atom stereocenters. The third kappa shape index (κ3) is 7.10. The van der Waals surface area contributed by atoms with Crippen LogP contribution in [0.15, 0.2) is 41.2 Å². The number of benzene rings is 1. The molecule has 1 aromatic heterocycles. The number of carbonyl (C=O) groups is 1. The van der Waals surface area contributed by atoms with Crippen molar-refractivity contribution in [1.29, 1.82) is 0 Å². The predicted molar refractivity (Wildman–Crippen MR) is 96.2 cm³/mol. The molecule has 26 heavy (non-hydrogen) atoms. The summed E-state index contributed by atoms with van der Waals surface area (Å²) in [5.41, 5.74) is 5.19. The van der Waals surface area contributed by atoms with E-state index in [1.54, 1.807) is 17.4 Å². The summed E-state index contributed by atoms with van der Waals surface area (Å²) in [7, 11) is 0. The van der Waals surface area contributed by atoms with Gasteiger partial charge in [-0.1, -0.05) is 13.8 Å². The van der Waals surface area contributed by atoms with Gasteiger partial charge >= 0.3 is 0 Å². The van der Waals surface area contributed by atoms with Crippen LogP contribution in [0.25, 0.3) is 0 Å². The lowest BCUT2D eigenvalue weighted by Crippen LogP contribution is -2.43. The second-order valence-corrected chi connectivity index (χ2v) is 5.02. The first-order valence-corrected chi connectivity index (χ1v) is 8.41. The SMILES string of the molecule is CC.NC(=O)COc1cc(N2CCNCC2)c(F)cc1F.c1ccoc1. The van der Waals surface area contributed by atoms with Crippen molar-refractivity contribution in [1.82, 2.24) is 5.32 Å². The summed E-state index contributed by atoms with van der Waals surface area (Å²) < 4.78 is 36.8. The summed E-state index contributed by atoms with van der Waals surface area (Å²) >= 11 is 0. The van der Waals surface area contributed by atoms with Crippen LogP contribution in [-0.4, -0.2) is 38.7 Å². The first kappa shape index (κ1) is 21.4. The van der Waals surface area contributed by atoms with E-state index in [-0.39, 0.29) is 11.4 Å². The second kappa shape index (κ2) is 11.9. The number of carbonyl (C=O) groups excluding carboxylic acids is 1. The van der Waals surface area contributed by atoms with Gasteiger partial charge < -0.3 is 25.1 Å². The molecule has 1 saturated heterocycles. The number of amides is 1. The molecular weight excluding hydrogens is 344 g/mol. The minimum atomic E-state index is -0.849. The molecule has 0 unspecified atom stereocenters. The van der Waals surface area contributed by atoms with Crippen LogP contribution < -0.4 is 20.7 Å². The van der Waals surface area contributed by atoms with Gasteiger partial charge in [-0.15, -0.1) is 0 Å². The van der Waals surface area contributed by atoms with E-state index in [1.807, 2.05) is 26.0 Å². The number of furan rings is 1. The number of nitrogens with two attached hydrogens (primary N) is 1. The lowest BCUT2D eigenvalue weighted by molar-refractivity contribution is -0.120. The molecule has 0 spiro atoms. The maximum Gasteiger partial charge on any atom is 0.255 e. The van der Waals surface area contributed by atoms with Crippen LogP contribution in [0, 0.1) is 11.6 Å². The van der Waals surface area contributed by atoms with Crippen LogP contribution in [0.5, 0.6) is 5.75 Å². The van der Waals surface area contributed by atoms with Gasteiger partial charge in [-0.05, 0) is 12.1 Å². The average molecular weight is 369 g/mol. The minimum absolute atomic E-state index is 0.172. The van der Waals surface area contributed by atoms with Crippen molar-refractivity contribution in [2.24, 2.45) is 5.73 Å². The van der Waals surface area contributed by atoms with Crippen molar-refractivity contribution in [3.05, 3.63) is 48.4 Å². The molecule has 1 aliphatic rings. The average Bonchev–Trinajstić information content (AvgIpc) is 3.23. The first-order valence-electron chi connectivity index (χ1n) is 8.41. The maximum atomic E-state index is 13.8. The Hall–Kier alpha value is -2.61. The number of primary amides is 1. The molecule has 1 aliphatic heterocycles. The zero-order chi connectivity index (χ0) is 19.4. The second-order valence-electron chi connectivity index (χ2n) is 5.02. The smallest absolute Gasteiger partial charge is 0.255 e. The first-order chi connectivity index (χ1) is 12.6. The Balaban J connectivity index is 0.000000408. The van der Waals surface area contributed by atoms with Crippen molar-refractivity contribution in [3.63, 3.8) is 0 Å². The third-order valence-electron chi connectivity index (χ3n) is 3.25. The highest BCUT2D eigenvalue weighted by molar-refractivity contribution is 5.75. The van der Waals surface area contributed by atoms with E-state index in [9.17, 15) is 13.6 Å². The number of hydrogen-bond donors (Lipinski definition) is 2. The van der Waals surface area contributed by atoms with E-state index in [4.69, 9.17) is 10.5 Å². The largest absolute Gasteiger partial charge is 0.481 e. The van der Waals surface area contributed by atoms with Gasteiger partial charge in [0.2, 0.25) is 0 Å². The van der Waals surface area contributed by atoms with Crippen LogP contribution in [0.3, 0.4) is 0 Å². The Morgan fingerprint density at radius 1 is 1.19 bits per heavy atom. The molecule has 1 amide bonds. The Kier molecular flexibility index (Phi) is 9.78. The molecule has 6 nitrogen and oxygen atoms in total. The number of halogens is 2. The van der Waals surface area contributed by atoms with Gasteiger partial charge in [0.1, 0.15) is 5.82 Å². The standard InChI is InChI=1S/C12H15F2N3O2.C4H4O.C2H6/c13-8-5-9(14)11(19-7-12(15)18)6-10(8)17-3-1-16-2-4-17;1-2-4-5-3-1;1-2/h5-6,16H,1-4,7H2,(H2,15,18);1-4H;1-2H3. The highest BCUT2D eigenvalue weighted by Crippen LogP contribution is 2.28. The number of anilines is 1. The zero-order valence-corrected chi connectivity index (χ0v) is 15.0. The number of rotatable bonds is 4. The maximum absolute atomic E-state index is 13.8. The molecule has 0 saturated carbocycles. The predicted octanol–water partition coefficient (Wildman–Crippen LogP) is 2.54. The highest BCUT2D eigenvalue weighted by atomic mass is 19.1. The number of nitrogens with zero attached hydrogens (tertiary/aromatic N) is 1. The van der Waals surface area contributed by atoms with Crippen LogP contribution in [0.4, 0.5) is 14.5 Å². The van der Waals surface area contributed by atoms with Crippen molar-refractivity contribution in [2.45, 2.75) is 13.8 Å². The number of ether oxygens (including phenoxy) is 1. The lowest BCUT2D eigenvalue weighted by Gasteiger charge is -2.30. The Morgan fingerprint density at radius 2 is 1.81 bits per heavy atom. The minimum Gasteiger partial charge on any atom is -0.481 e. The van der Waals surface area contributed by atoms with E-state index >= 15 is 0 Å². The molecule has 8 heteroatoms. The van der Waals surface area contributed by atoms with Gasteiger partial charge in [0, 0.05) is 38.3 Å². The molecule has 0 radical (unpaired) electrons. The highest BCUT2D eigenvalue weighted by Gasteiger charge is 2.18. The van der Waals surface area contributed by atoms with E-state index in [2.05, 4.69) is 9.73 Å². The normalized spacial score (nSPS) is 13.0. The fourth-order valence-corrected chi connectivity index (χ4v) is 2.15. The van der Waals surface area contributed by atoms with Crippen LogP contribution in [0.1, 0.15) is 13.8 Å². The van der Waals surface area contributed by atoms with Crippen LogP contribution in [-0.2, 0) is 4.79 Å².